The molecule has 1 unspecified atom stereocenters. The van der Waals surface area contributed by atoms with Crippen LogP contribution in [0, 0.1) is 0 Å². The Morgan fingerprint density at radius 2 is 1.72 bits per heavy atom. The van der Waals surface area contributed by atoms with Gasteiger partial charge in [0.15, 0.2) is 14.6 Å². The van der Waals surface area contributed by atoms with Crippen molar-refractivity contribution in [2.24, 2.45) is 0 Å². The lowest BCUT2D eigenvalue weighted by Crippen LogP contribution is -2.51. The zero-order chi connectivity index (χ0) is 18.7. The maximum Gasteiger partial charge on any atom is 0.265 e. The van der Waals surface area contributed by atoms with E-state index in [2.05, 4.69) is 15.9 Å². The Balaban J connectivity index is 2.50. The lowest BCUT2D eigenvalue weighted by Gasteiger charge is -2.27. The van der Waals surface area contributed by atoms with E-state index in [9.17, 15) is 13.2 Å². The molecule has 0 aliphatic carbocycles. The number of carbonyl (C=O) groups is 1. The molecule has 6 nitrogen and oxygen atoms in total. The van der Waals surface area contributed by atoms with Crippen LogP contribution >= 0.6 is 15.9 Å². The van der Waals surface area contributed by atoms with E-state index in [1.807, 2.05) is 0 Å². The number of benzene rings is 2. The third-order valence-corrected chi connectivity index (χ3v) is 6.94. The van der Waals surface area contributed by atoms with Gasteiger partial charge in [0.1, 0.15) is 5.75 Å². The maximum atomic E-state index is 13.1. The van der Waals surface area contributed by atoms with Crippen molar-refractivity contribution in [2.45, 2.75) is 23.0 Å². The molecule has 2 rings (SSSR count). The summed E-state index contributed by atoms with van der Waals surface area (Å²) in [6.07, 6.45) is -0.0962. The van der Waals surface area contributed by atoms with Crippen molar-refractivity contribution in [3.05, 3.63) is 58.6 Å². The number of hydroxylamine groups is 1. The summed E-state index contributed by atoms with van der Waals surface area (Å²) < 4.78 is 30.2. The largest absolute Gasteiger partial charge is 0.497 e. The van der Waals surface area contributed by atoms with Crippen LogP contribution in [-0.4, -0.2) is 31.4 Å². The topological polar surface area (TPSA) is 92.7 Å². The zero-order valence-electron chi connectivity index (χ0n) is 13.7. The van der Waals surface area contributed by atoms with Crippen LogP contribution in [0.2, 0.25) is 0 Å². The number of carbonyl (C=O) groups excluding carboxylic acids is 1. The first-order valence-corrected chi connectivity index (χ1v) is 9.60. The first-order valence-electron chi connectivity index (χ1n) is 7.32. The molecular weight excluding hydrogens is 410 g/mol. The van der Waals surface area contributed by atoms with Crippen LogP contribution in [0.15, 0.2) is 57.9 Å². The molecule has 0 spiro atoms. The second-order valence-electron chi connectivity index (χ2n) is 5.65. The number of sulfone groups is 1. The second kappa shape index (κ2) is 7.55. The molecule has 2 aromatic rings. The van der Waals surface area contributed by atoms with Crippen molar-refractivity contribution in [3.63, 3.8) is 0 Å². The molecule has 0 bridgehead atoms. The minimum Gasteiger partial charge on any atom is -0.497 e. The fraction of sp³-hybridized carbons (Fsp3) is 0.235. The first-order chi connectivity index (χ1) is 11.7. The summed E-state index contributed by atoms with van der Waals surface area (Å²) >= 11 is 3.31. The molecular formula is C17H18BrNO5S. The van der Waals surface area contributed by atoms with Gasteiger partial charge in [-0.3, -0.25) is 10.0 Å². The van der Waals surface area contributed by atoms with Gasteiger partial charge in [-0.25, -0.2) is 13.9 Å². The fourth-order valence-corrected chi connectivity index (χ4v) is 4.35. The van der Waals surface area contributed by atoms with Crippen LogP contribution in [0.1, 0.15) is 12.5 Å². The Labute approximate surface area is 154 Å². The fourth-order valence-electron chi connectivity index (χ4n) is 2.42. The van der Waals surface area contributed by atoms with Crippen molar-refractivity contribution >= 4 is 31.7 Å². The lowest BCUT2D eigenvalue weighted by atomic mass is 10.00. The van der Waals surface area contributed by atoms with Crippen LogP contribution in [0.4, 0.5) is 0 Å². The monoisotopic (exact) mass is 427 g/mol. The standard InChI is InChI=1S/C17H18BrNO5S/c1-17(16(20)19-21,11-12-3-5-13(18)6-4-12)25(22,23)15-9-7-14(24-2)8-10-15/h3-10,21H,11H2,1-2H3,(H,19,20). The molecule has 1 amide bonds. The van der Waals surface area contributed by atoms with Crippen molar-refractivity contribution in [1.29, 1.82) is 0 Å². The highest BCUT2D eigenvalue weighted by atomic mass is 79.9. The van der Waals surface area contributed by atoms with Crippen LogP contribution in [0.3, 0.4) is 0 Å². The van der Waals surface area contributed by atoms with Crippen molar-refractivity contribution < 1.29 is 23.2 Å². The third kappa shape index (κ3) is 3.86. The van der Waals surface area contributed by atoms with Gasteiger partial charge in [0, 0.05) is 10.9 Å². The predicted molar refractivity (Wildman–Crippen MR) is 96.4 cm³/mol. The molecule has 0 saturated carbocycles. The predicted octanol–water partition coefficient (Wildman–Crippen LogP) is 2.74. The van der Waals surface area contributed by atoms with Crippen molar-refractivity contribution in [3.8, 4) is 5.75 Å². The van der Waals surface area contributed by atoms with E-state index in [4.69, 9.17) is 9.94 Å². The molecule has 0 aromatic heterocycles. The number of rotatable bonds is 6. The number of hydrogen-bond donors (Lipinski definition) is 2. The summed E-state index contributed by atoms with van der Waals surface area (Å²) in [5.74, 6) is -0.494. The molecule has 0 saturated heterocycles. The highest BCUT2D eigenvalue weighted by molar-refractivity contribution is 9.10. The number of methoxy groups -OCH3 is 1. The Hall–Kier alpha value is -1.90. The Kier molecular flexibility index (Phi) is 5.87. The molecule has 1 atom stereocenters. The van der Waals surface area contributed by atoms with Crippen LogP contribution in [0.25, 0.3) is 0 Å². The second-order valence-corrected chi connectivity index (χ2v) is 8.95. The molecule has 0 aliphatic heterocycles. The van der Waals surface area contributed by atoms with E-state index in [1.54, 1.807) is 24.3 Å². The average Bonchev–Trinajstić information content (AvgIpc) is 2.62. The number of hydrogen-bond acceptors (Lipinski definition) is 5. The number of amides is 1. The Morgan fingerprint density at radius 3 is 2.20 bits per heavy atom. The van der Waals surface area contributed by atoms with Crippen LogP contribution < -0.4 is 10.2 Å². The van der Waals surface area contributed by atoms with Crippen LogP contribution in [-0.2, 0) is 21.1 Å². The van der Waals surface area contributed by atoms with E-state index in [-0.39, 0.29) is 11.3 Å². The molecule has 134 valence electrons. The summed E-state index contributed by atoms with van der Waals surface area (Å²) in [4.78, 5) is 12.2. The van der Waals surface area contributed by atoms with Gasteiger partial charge in [0.05, 0.1) is 12.0 Å². The van der Waals surface area contributed by atoms with Gasteiger partial charge in [0.25, 0.3) is 5.91 Å². The molecule has 2 N–H and O–H groups in total. The van der Waals surface area contributed by atoms with Gasteiger partial charge >= 0.3 is 0 Å². The number of ether oxygens (including phenoxy) is 1. The number of halogens is 1. The van der Waals surface area contributed by atoms with Gasteiger partial charge in [-0.15, -0.1) is 0 Å². The first kappa shape index (κ1) is 19.4. The molecule has 0 heterocycles. The van der Waals surface area contributed by atoms with Gasteiger partial charge in [-0.05, 0) is 48.9 Å². The van der Waals surface area contributed by atoms with Gasteiger partial charge in [0.2, 0.25) is 0 Å². The maximum absolute atomic E-state index is 13.1. The van der Waals surface area contributed by atoms with Crippen LogP contribution in [0.5, 0.6) is 5.75 Å². The van der Waals surface area contributed by atoms with Gasteiger partial charge in [-0.2, -0.15) is 0 Å². The molecule has 25 heavy (non-hydrogen) atoms. The number of nitrogens with one attached hydrogen (secondary N) is 1. The van der Waals surface area contributed by atoms with Gasteiger partial charge in [-0.1, -0.05) is 28.1 Å². The lowest BCUT2D eigenvalue weighted by molar-refractivity contribution is -0.131. The van der Waals surface area contributed by atoms with E-state index in [0.29, 0.717) is 11.3 Å². The van der Waals surface area contributed by atoms with E-state index in [0.717, 1.165) is 4.47 Å². The summed E-state index contributed by atoms with van der Waals surface area (Å²) in [7, 11) is -2.61. The van der Waals surface area contributed by atoms with E-state index in [1.165, 1.54) is 43.8 Å². The SMILES string of the molecule is COc1ccc(S(=O)(=O)C(C)(Cc2ccc(Br)cc2)C(=O)NO)cc1. The quantitative estimate of drug-likeness (QED) is 0.545. The van der Waals surface area contributed by atoms with E-state index < -0.39 is 20.5 Å². The Morgan fingerprint density at radius 1 is 1.16 bits per heavy atom. The summed E-state index contributed by atoms with van der Waals surface area (Å²) in [6, 6.07) is 12.7. The minimum atomic E-state index is -4.08. The molecule has 8 heteroatoms. The molecule has 0 radical (unpaired) electrons. The highest BCUT2D eigenvalue weighted by Crippen LogP contribution is 2.31. The van der Waals surface area contributed by atoms with Gasteiger partial charge < -0.3 is 4.74 Å². The Bertz CT molecular complexity index is 850. The smallest absolute Gasteiger partial charge is 0.265 e. The molecule has 0 aliphatic rings. The molecule has 0 fully saturated rings. The molecule has 2 aromatic carbocycles. The van der Waals surface area contributed by atoms with Crippen molar-refractivity contribution in [1.82, 2.24) is 5.48 Å². The minimum absolute atomic E-state index is 0.0310. The van der Waals surface area contributed by atoms with E-state index >= 15 is 0 Å². The van der Waals surface area contributed by atoms with Crippen molar-refractivity contribution in [2.75, 3.05) is 7.11 Å². The summed E-state index contributed by atoms with van der Waals surface area (Å²) in [5.41, 5.74) is 2.13. The summed E-state index contributed by atoms with van der Waals surface area (Å²) in [6.45, 7) is 1.29. The zero-order valence-corrected chi connectivity index (χ0v) is 16.1. The summed E-state index contributed by atoms with van der Waals surface area (Å²) in [5, 5.41) is 9.09. The highest BCUT2D eigenvalue weighted by Gasteiger charge is 2.47. The third-order valence-electron chi connectivity index (χ3n) is 4.00. The average molecular weight is 428 g/mol. The normalized spacial score (nSPS) is 13.8.